The summed E-state index contributed by atoms with van der Waals surface area (Å²) in [6.07, 6.45) is 4.01. The highest BCUT2D eigenvalue weighted by atomic mass is 15.1. The largest absolute Gasteiger partial charge is 0.382 e. The Labute approximate surface area is 130 Å². The first-order valence-electron chi connectivity index (χ1n) is 8.68. The van der Waals surface area contributed by atoms with E-state index in [0.717, 1.165) is 31.5 Å². The molecule has 0 spiro atoms. The number of rotatable bonds is 6. The van der Waals surface area contributed by atoms with Gasteiger partial charge in [-0.05, 0) is 61.9 Å². The van der Waals surface area contributed by atoms with E-state index >= 15 is 0 Å². The minimum absolute atomic E-state index is 0.646. The molecule has 0 saturated heterocycles. The molecule has 2 atom stereocenters. The summed E-state index contributed by atoms with van der Waals surface area (Å²) in [5.74, 6) is 1.70. The Kier molecular flexibility index (Phi) is 6.10. The minimum Gasteiger partial charge on any atom is -0.382 e. The molecule has 118 valence electrons. The normalized spacial score (nSPS) is 26.0. The van der Waals surface area contributed by atoms with Crippen LogP contribution in [0, 0.1) is 11.8 Å². The van der Waals surface area contributed by atoms with Gasteiger partial charge in [0.05, 0.1) is 0 Å². The van der Waals surface area contributed by atoms with E-state index in [-0.39, 0.29) is 0 Å². The van der Waals surface area contributed by atoms with E-state index in [1.807, 2.05) is 0 Å². The van der Waals surface area contributed by atoms with Crippen molar-refractivity contribution in [2.24, 2.45) is 11.8 Å². The summed E-state index contributed by atoms with van der Waals surface area (Å²) in [5, 5.41) is 3.77. The molecule has 1 N–H and O–H groups in total. The fourth-order valence-electron chi connectivity index (χ4n) is 3.77. The van der Waals surface area contributed by atoms with Crippen LogP contribution >= 0.6 is 0 Å². The van der Waals surface area contributed by atoms with Crippen molar-refractivity contribution in [2.75, 3.05) is 18.4 Å². The molecule has 21 heavy (non-hydrogen) atoms. The summed E-state index contributed by atoms with van der Waals surface area (Å²) in [4.78, 5) is 2.46. The molecule has 1 aliphatic carbocycles. The van der Waals surface area contributed by atoms with Crippen LogP contribution in [-0.4, -0.2) is 24.0 Å². The molecule has 0 radical (unpaired) electrons. The number of hydrogen-bond acceptors (Lipinski definition) is 2. The Morgan fingerprint density at radius 1 is 1.05 bits per heavy atom. The van der Waals surface area contributed by atoms with E-state index in [9.17, 15) is 0 Å². The zero-order valence-corrected chi connectivity index (χ0v) is 14.2. The van der Waals surface area contributed by atoms with Crippen molar-refractivity contribution >= 4 is 5.69 Å². The molecule has 0 aromatic heterocycles. The van der Waals surface area contributed by atoms with Crippen LogP contribution in [0.25, 0.3) is 0 Å². The van der Waals surface area contributed by atoms with Crippen LogP contribution in [0.3, 0.4) is 0 Å². The molecule has 2 rings (SSSR count). The molecule has 0 bridgehead atoms. The van der Waals surface area contributed by atoms with E-state index in [2.05, 4.69) is 62.2 Å². The molecule has 2 unspecified atom stereocenters. The van der Waals surface area contributed by atoms with Gasteiger partial charge >= 0.3 is 0 Å². The van der Waals surface area contributed by atoms with Crippen LogP contribution < -0.4 is 5.32 Å². The highest BCUT2D eigenvalue weighted by Crippen LogP contribution is 2.30. The van der Waals surface area contributed by atoms with Gasteiger partial charge in [0, 0.05) is 18.3 Å². The molecule has 1 fully saturated rings. The summed E-state index contributed by atoms with van der Waals surface area (Å²) >= 11 is 0. The summed E-state index contributed by atoms with van der Waals surface area (Å²) < 4.78 is 0. The lowest BCUT2D eigenvalue weighted by Crippen LogP contribution is -2.30. The monoisotopic (exact) mass is 288 g/mol. The van der Waals surface area contributed by atoms with Crippen molar-refractivity contribution in [3.63, 3.8) is 0 Å². The quantitative estimate of drug-likeness (QED) is 0.811. The standard InChI is InChI=1S/C19H32N2/c1-5-21(6-2)14-17-8-7-9-18(13-17)20-19-11-15(3)10-16(4)12-19/h7-9,13,15-16,19-20H,5-6,10-12,14H2,1-4H3. The maximum atomic E-state index is 3.77. The maximum absolute atomic E-state index is 3.77. The van der Waals surface area contributed by atoms with Crippen LogP contribution in [-0.2, 0) is 6.54 Å². The third-order valence-electron chi connectivity index (χ3n) is 4.78. The van der Waals surface area contributed by atoms with E-state index < -0.39 is 0 Å². The Morgan fingerprint density at radius 2 is 1.71 bits per heavy atom. The van der Waals surface area contributed by atoms with Crippen LogP contribution in [0.4, 0.5) is 5.69 Å². The van der Waals surface area contributed by atoms with Crippen LogP contribution in [0.5, 0.6) is 0 Å². The number of nitrogens with one attached hydrogen (secondary N) is 1. The average molecular weight is 288 g/mol. The number of benzene rings is 1. The predicted octanol–water partition coefficient (Wildman–Crippen LogP) is 4.77. The zero-order chi connectivity index (χ0) is 15.2. The van der Waals surface area contributed by atoms with Crippen LogP contribution in [0.15, 0.2) is 24.3 Å². The van der Waals surface area contributed by atoms with Gasteiger partial charge in [0.2, 0.25) is 0 Å². The van der Waals surface area contributed by atoms with E-state index in [0.29, 0.717) is 6.04 Å². The molecular weight excluding hydrogens is 256 g/mol. The third-order valence-corrected chi connectivity index (χ3v) is 4.78. The lowest BCUT2D eigenvalue weighted by atomic mass is 9.80. The highest BCUT2D eigenvalue weighted by Gasteiger charge is 2.23. The first kappa shape index (κ1) is 16.4. The fourth-order valence-corrected chi connectivity index (χ4v) is 3.77. The van der Waals surface area contributed by atoms with Gasteiger partial charge in [-0.15, -0.1) is 0 Å². The second-order valence-electron chi connectivity index (χ2n) is 6.92. The van der Waals surface area contributed by atoms with Gasteiger partial charge in [-0.1, -0.05) is 39.8 Å². The summed E-state index contributed by atoms with van der Waals surface area (Å²) in [6.45, 7) is 12.5. The Hall–Kier alpha value is -1.02. The number of anilines is 1. The second kappa shape index (κ2) is 7.84. The van der Waals surface area contributed by atoms with E-state index in [1.165, 1.54) is 30.5 Å². The van der Waals surface area contributed by atoms with Crippen LogP contribution in [0.2, 0.25) is 0 Å². The van der Waals surface area contributed by atoms with Gasteiger partial charge < -0.3 is 5.32 Å². The van der Waals surface area contributed by atoms with Gasteiger partial charge in [-0.3, -0.25) is 4.90 Å². The first-order valence-corrected chi connectivity index (χ1v) is 8.68. The average Bonchev–Trinajstić information content (AvgIpc) is 2.44. The van der Waals surface area contributed by atoms with Gasteiger partial charge in [0.25, 0.3) is 0 Å². The van der Waals surface area contributed by atoms with Crippen molar-refractivity contribution < 1.29 is 0 Å². The fraction of sp³-hybridized carbons (Fsp3) is 0.684. The summed E-state index contributed by atoms with van der Waals surface area (Å²) in [7, 11) is 0. The lowest BCUT2D eigenvalue weighted by molar-refractivity contribution is 0.280. The molecular formula is C19H32N2. The van der Waals surface area contributed by atoms with Gasteiger partial charge in [0.15, 0.2) is 0 Å². The Morgan fingerprint density at radius 3 is 2.33 bits per heavy atom. The molecule has 0 amide bonds. The lowest BCUT2D eigenvalue weighted by Gasteiger charge is -2.32. The molecule has 1 aromatic carbocycles. The van der Waals surface area contributed by atoms with Gasteiger partial charge in [-0.25, -0.2) is 0 Å². The first-order chi connectivity index (χ1) is 10.1. The zero-order valence-electron chi connectivity index (χ0n) is 14.2. The number of nitrogens with zero attached hydrogens (tertiary/aromatic N) is 1. The predicted molar refractivity (Wildman–Crippen MR) is 92.7 cm³/mol. The molecule has 2 nitrogen and oxygen atoms in total. The molecule has 1 saturated carbocycles. The molecule has 1 aromatic rings. The maximum Gasteiger partial charge on any atom is 0.0345 e. The number of hydrogen-bond donors (Lipinski definition) is 1. The highest BCUT2D eigenvalue weighted by molar-refractivity contribution is 5.46. The Balaban J connectivity index is 1.97. The third kappa shape index (κ3) is 5.03. The Bertz CT molecular complexity index is 415. The van der Waals surface area contributed by atoms with Crippen molar-refractivity contribution in [3.05, 3.63) is 29.8 Å². The molecule has 1 aliphatic rings. The van der Waals surface area contributed by atoms with E-state index in [4.69, 9.17) is 0 Å². The minimum atomic E-state index is 0.646. The van der Waals surface area contributed by atoms with Crippen molar-refractivity contribution in [1.29, 1.82) is 0 Å². The van der Waals surface area contributed by atoms with Gasteiger partial charge in [0.1, 0.15) is 0 Å². The summed E-state index contributed by atoms with van der Waals surface area (Å²) in [5.41, 5.74) is 2.71. The summed E-state index contributed by atoms with van der Waals surface area (Å²) in [6, 6.07) is 9.64. The van der Waals surface area contributed by atoms with Crippen molar-refractivity contribution in [3.8, 4) is 0 Å². The molecule has 0 aliphatic heterocycles. The smallest absolute Gasteiger partial charge is 0.0345 e. The molecule has 0 heterocycles. The van der Waals surface area contributed by atoms with Crippen LogP contribution in [0.1, 0.15) is 52.5 Å². The van der Waals surface area contributed by atoms with E-state index in [1.54, 1.807) is 0 Å². The SMILES string of the molecule is CCN(CC)Cc1cccc(NC2CC(C)CC(C)C2)c1. The van der Waals surface area contributed by atoms with Gasteiger partial charge in [-0.2, -0.15) is 0 Å². The van der Waals surface area contributed by atoms with Crippen molar-refractivity contribution in [1.82, 2.24) is 4.90 Å². The topological polar surface area (TPSA) is 15.3 Å². The molecule has 2 heteroatoms. The van der Waals surface area contributed by atoms with Crippen molar-refractivity contribution in [2.45, 2.75) is 59.5 Å². The second-order valence-corrected chi connectivity index (χ2v) is 6.92.